The van der Waals surface area contributed by atoms with E-state index in [4.69, 9.17) is 4.74 Å². The van der Waals surface area contributed by atoms with Crippen molar-refractivity contribution in [1.29, 1.82) is 0 Å². The Kier molecular flexibility index (Phi) is 4.69. The average Bonchev–Trinajstić information content (AvgIpc) is 2.53. The molecule has 1 aromatic rings. The second-order valence-corrected chi connectivity index (χ2v) is 6.32. The zero-order chi connectivity index (χ0) is 15.5. The van der Waals surface area contributed by atoms with Crippen molar-refractivity contribution in [3.05, 3.63) is 23.8 Å². The topological polar surface area (TPSA) is 61.8 Å². The lowest BCUT2D eigenvalue weighted by atomic mass is 9.80. The second-order valence-electron chi connectivity index (χ2n) is 6.32. The number of hydrogen-bond acceptors (Lipinski definition) is 4. The van der Waals surface area contributed by atoms with Crippen molar-refractivity contribution < 1.29 is 14.6 Å². The highest BCUT2D eigenvalue weighted by atomic mass is 16.5. The zero-order valence-electron chi connectivity index (χ0n) is 13.0. The number of carbonyl (C=O) groups excluding carboxylic acids is 1. The Morgan fingerprint density at radius 2 is 2.18 bits per heavy atom. The lowest BCUT2D eigenvalue weighted by molar-refractivity contribution is -0.118. The van der Waals surface area contributed by atoms with Crippen molar-refractivity contribution in [2.24, 2.45) is 5.92 Å². The van der Waals surface area contributed by atoms with Gasteiger partial charge in [0, 0.05) is 0 Å². The van der Waals surface area contributed by atoms with Gasteiger partial charge in [-0.25, -0.2) is 0 Å². The smallest absolute Gasteiger partial charge is 0.376 e. The molecule has 5 nitrogen and oxygen atoms in total. The number of fused-ring (bicyclic) bond motifs is 1. The number of piperidine rings is 1. The molecule has 2 heterocycles. The molecule has 6 heteroatoms. The van der Waals surface area contributed by atoms with E-state index >= 15 is 0 Å². The number of ether oxygens (including phenoxy) is 1. The molecule has 0 unspecified atom stereocenters. The van der Waals surface area contributed by atoms with Crippen LogP contribution in [0.15, 0.2) is 18.2 Å². The van der Waals surface area contributed by atoms with Crippen LogP contribution in [0.2, 0.25) is 6.82 Å². The second kappa shape index (κ2) is 6.71. The lowest BCUT2D eigenvalue weighted by Crippen LogP contribution is -2.42. The van der Waals surface area contributed by atoms with Crippen molar-refractivity contribution in [3.63, 3.8) is 0 Å². The van der Waals surface area contributed by atoms with Crippen molar-refractivity contribution in [2.75, 3.05) is 25.0 Å². The van der Waals surface area contributed by atoms with Crippen LogP contribution >= 0.6 is 0 Å². The Morgan fingerprint density at radius 3 is 2.91 bits per heavy atom. The summed E-state index contributed by atoms with van der Waals surface area (Å²) in [4.78, 5) is 13.5. The highest BCUT2D eigenvalue weighted by molar-refractivity contribution is 6.45. The molecule has 0 radical (unpaired) electrons. The summed E-state index contributed by atoms with van der Waals surface area (Å²) in [6, 6.07) is 6.05. The van der Waals surface area contributed by atoms with Gasteiger partial charge in [-0.2, -0.15) is 0 Å². The third kappa shape index (κ3) is 3.62. The van der Waals surface area contributed by atoms with Crippen LogP contribution in [0.1, 0.15) is 24.8 Å². The van der Waals surface area contributed by atoms with Crippen LogP contribution in [0.25, 0.3) is 0 Å². The van der Waals surface area contributed by atoms with Gasteiger partial charge in [-0.1, -0.05) is 6.07 Å². The molecule has 0 bridgehead atoms. The fourth-order valence-electron chi connectivity index (χ4n) is 3.27. The van der Waals surface area contributed by atoms with Crippen LogP contribution in [0, 0.1) is 5.92 Å². The van der Waals surface area contributed by atoms with Crippen LogP contribution in [0.3, 0.4) is 0 Å². The van der Waals surface area contributed by atoms with Crippen molar-refractivity contribution in [3.8, 4) is 5.75 Å². The molecule has 0 spiro atoms. The standard InChI is InChI=1S/C16H23BN2O3/c1-17(21)19-8-6-12(7-9-19)2-3-13-4-5-15-14(10-13)18-16(20)11-22-15/h4-5,10,12,21H,2-3,6-9,11H2,1H3,(H,18,20). The van der Waals surface area contributed by atoms with Gasteiger partial charge in [-0.3, -0.25) is 4.79 Å². The van der Waals surface area contributed by atoms with Gasteiger partial charge in [0.1, 0.15) is 5.75 Å². The van der Waals surface area contributed by atoms with Crippen LogP contribution < -0.4 is 10.1 Å². The summed E-state index contributed by atoms with van der Waals surface area (Å²) in [5.74, 6) is 1.39. The highest BCUT2D eigenvalue weighted by Crippen LogP contribution is 2.30. The monoisotopic (exact) mass is 302 g/mol. The van der Waals surface area contributed by atoms with Gasteiger partial charge < -0.3 is 19.9 Å². The van der Waals surface area contributed by atoms with Gasteiger partial charge >= 0.3 is 7.05 Å². The molecule has 0 atom stereocenters. The van der Waals surface area contributed by atoms with E-state index in [1.54, 1.807) is 0 Å². The molecule has 3 rings (SSSR count). The maximum absolute atomic E-state index is 11.4. The summed E-state index contributed by atoms with van der Waals surface area (Å²) in [5.41, 5.74) is 2.03. The quantitative estimate of drug-likeness (QED) is 0.832. The molecule has 2 aliphatic rings. The van der Waals surface area contributed by atoms with E-state index < -0.39 is 0 Å². The number of aryl methyl sites for hydroxylation is 1. The molecule has 0 aliphatic carbocycles. The first-order valence-electron chi connectivity index (χ1n) is 8.09. The highest BCUT2D eigenvalue weighted by Gasteiger charge is 2.23. The van der Waals surface area contributed by atoms with Crippen molar-refractivity contribution in [2.45, 2.75) is 32.5 Å². The third-order valence-corrected chi connectivity index (χ3v) is 4.70. The van der Waals surface area contributed by atoms with Gasteiger partial charge in [-0.15, -0.1) is 0 Å². The van der Waals surface area contributed by atoms with E-state index in [1.165, 1.54) is 5.56 Å². The first-order valence-corrected chi connectivity index (χ1v) is 8.09. The van der Waals surface area contributed by atoms with Gasteiger partial charge in [-0.05, 0) is 69.2 Å². The normalized spacial score (nSPS) is 19.3. The summed E-state index contributed by atoms with van der Waals surface area (Å²) in [6.45, 7) is 3.91. The summed E-state index contributed by atoms with van der Waals surface area (Å²) in [7, 11) is -0.329. The number of carbonyl (C=O) groups is 1. The maximum Gasteiger partial charge on any atom is 0.376 e. The number of benzene rings is 1. The number of hydrogen-bond donors (Lipinski definition) is 2. The average molecular weight is 302 g/mol. The first kappa shape index (κ1) is 15.4. The van der Waals surface area contributed by atoms with E-state index in [0.29, 0.717) is 0 Å². The zero-order valence-corrected chi connectivity index (χ0v) is 13.0. The van der Waals surface area contributed by atoms with E-state index in [2.05, 4.69) is 16.2 Å². The molecule has 1 amide bonds. The van der Waals surface area contributed by atoms with E-state index in [0.717, 1.165) is 56.1 Å². The van der Waals surface area contributed by atoms with Crippen LogP contribution in [0.5, 0.6) is 5.75 Å². The maximum atomic E-state index is 11.4. The molecule has 2 aliphatic heterocycles. The molecule has 0 aromatic heterocycles. The van der Waals surface area contributed by atoms with Crippen molar-refractivity contribution in [1.82, 2.24) is 4.81 Å². The molecule has 118 valence electrons. The Labute approximate surface area is 131 Å². The number of rotatable bonds is 4. The Bertz CT molecular complexity index is 542. The lowest BCUT2D eigenvalue weighted by Gasteiger charge is -2.32. The number of anilines is 1. The van der Waals surface area contributed by atoms with Gasteiger partial charge in [0.2, 0.25) is 0 Å². The number of nitrogens with one attached hydrogen (secondary N) is 1. The minimum atomic E-state index is -0.329. The van der Waals surface area contributed by atoms with Gasteiger partial charge in [0.15, 0.2) is 6.61 Å². The molecule has 1 fully saturated rings. The summed E-state index contributed by atoms with van der Waals surface area (Å²) in [6.07, 6.45) is 4.47. The molecule has 22 heavy (non-hydrogen) atoms. The molecule has 1 aromatic carbocycles. The molecule has 2 N–H and O–H groups in total. The Morgan fingerprint density at radius 1 is 1.41 bits per heavy atom. The number of amides is 1. The van der Waals surface area contributed by atoms with Crippen LogP contribution in [-0.4, -0.2) is 42.5 Å². The first-order chi connectivity index (χ1) is 10.6. The Balaban J connectivity index is 1.52. The van der Waals surface area contributed by atoms with E-state index in [-0.39, 0.29) is 19.6 Å². The van der Waals surface area contributed by atoms with E-state index in [9.17, 15) is 9.82 Å². The fraction of sp³-hybridized carbons (Fsp3) is 0.562. The predicted octanol–water partition coefficient (Wildman–Crippen LogP) is 1.77. The predicted molar refractivity (Wildman–Crippen MR) is 87.0 cm³/mol. The molecule has 0 saturated carbocycles. The van der Waals surface area contributed by atoms with Gasteiger partial charge in [0.05, 0.1) is 5.69 Å². The Hall–Kier alpha value is -1.53. The van der Waals surface area contributed by atoms with Crippen molar-refractivity contribution >= 4 is 18.6 Å². The summed E-state index contributed by atoms with van der Waals surface area (Å²) in [5, 5.41) is 12.4. The fourth-order valence-corrected chi connectivity index (χ4v) is 3.27. The number of nitrogens with zero attached hydrogens (tertiary/aromatic N) is 1. The third-order valence-electron chi connectivity index (χ3n) is 4.70. The van der Waals surface area contributed by atoms with E-state index in [1.807, 2.05) is 19.0 Å². The summed E-state index contributed by atoms with van der Waals surface area (Å²) >= 11 is 0. The molecular formula is C16H23BN2O3. The molecular weight excluding hydrogens is 279 g/mol. The molecule has 1 saturated heterocycles. The van der Waals surface area contributed by atoms with Crippen LogP contribution in [0.4, 0.5) is 5.69 Å². The van der Waals surface area contributed by atoms with Crippen LogP contribution in [-0.2, 0) is 11.2 Å². The minimum absolute atomic E-state index is 0.0878. The van der Waals surface area contributed by atoms with Gasteiger partial charge in [0.25, 0.3) is 5.91 Å². The summed E-state index contributed by atoms with van der Waals surface area (Å²) < 4.78 is 5.38. The minimum Gasteiger partial charge on any atom is -0.482 e. The SMILES string of the molecule is CB(O)N1CCC(CCc2ccc3c(c2)NC(=O)CO3)CC1. The largest absolute Gasteiger partial charge is 0.482 e.